The molecule has 3 heterocycles. The molecule has 2 aliphatic heterocycles. The van der Waals surface area contributed by atoms with Gasteiger partial charge in [0.1, 0.15) is 11.1 Å². The summed E-state index contributed by atoms with van der Waals surface area (Å²) < 4.78 is 7.03. The molecule has 0 radical (unpaired) electrons. The molecular formula is C21H19BrClN3O3S. The fourth-order valence-electron chi connectivity index (χ4n) is 4.49. The van der Waals surface area contributed by atoms with E-state index in [9.17, 15) is 9.59 Å². The second kappa shape index (κ2) is 7.73. The third kappa shape index (κ3) is 3.20. The van der Waals surface area contributed by atoms with Crippen molar-refractivity contribution in [3.63, 3.8) is 0 Å². The Kier molecular flexibility index (Phi) is 5.19. The highest BCUT2D eigenvalue weighted by Crippen LogP contribution is 2.49. The molecular weight excluding hydrogens is 490 g/mol. The van der Waals surface area contributed by atoms with Crippen LogP contribution in [0.1, 0.15) is 42.8 Å². The van der Waals surface area contributed by atoms with Crippen molar-refractivity contribution in [1.29, 1.82) is 0 Å². The Morgan fingerprint density at radius 1 is 1.30 bits per heavy atom. The molecule has 1 aliphatic carbocycles. The number of carbonyl (C=O) groups is 2. The van der Waals surface area contributed by atoms with Gasteiger partial charge < -0.3 is 4.74 Å². The molecule has 0 bridgehead atoms. The highest BCUT2D eigenvalue weighted by atomic mass is 79.9. The van der Waals surface area contributed by atoms with Crippen molar-refractivity contribution < 1.29 is 14.3 Å². The summed E-state index contributed by atoms with van der Waals surface area (Å²) in [4.78, 5) is 28.7. The number of aryl methyl sites for hydroxylation is 1. The maximum atomic E-state index is 13.6. The molecule has 1 aromatic carbocycles. The van der Waals surface area contributed by atoms with Gasteiger partial charge in [0.05, 0.1) is 17.5 Å². The molecule has 1 fully saturated rings. The van der Waals surface area contributed by atoms with Crippen molar-refractivity contribution in [1.82, 2.24) is 10.2 Å². The number of carbonyl (C=O) groups excluding carboxylic acids is 2. The molecule has 0 N–H and O–H groups in total. The number of fused-ring (bicyclic) bond motifs is 1. The number of benzene rings is 1. The van der Waals surface area contributed by atoms with Crippen LogP contribution >= 0.6 is 38.9 Å². The molecule has 30 heavy (non-hydrogen) atoms. The summed E-state index contributed by atoms with van der Waals surface area (Å²) in [5, 5.41) is 9.70. The zero-order valence-electron chi connectivity index (χ0n) is 16.2. The number of rotatable bonds is 3. The molecule has 0 spiro atoms. The molecule has 6 nitrogen and oxygen atoms in total. The number of alkyl halides is 1. The minimum absolute atomic E-state index is 0.0346. The van der Waals surface area contributed by atoms with Gasteiger partial charge in [0.25, 0.3) is 5.91 Å². The van der Waals surface area contributed by atoms with E-state index in [0.717, 1.165) is 27.9 Å². The van der Waals surface area contributed by atoms with Crippen molar-refractivity contribution >= 4 is 55.7 Å². The first-order valence-electron chi connectivity index (χ1n) is 9.98. The van der Waals surface area contributed by atoms with Crippen LogP contribution in [-0.2, 0) is 20.7 Å². The Hall–Kier alpha value is -1.77. The van der Waals surface area contributed by atoms with Crippen molar-refractivity contribution in [2.24, 2.45) is 5.92 Å². The average Bonchev–Trinajstić information content (AvgIpc) is 3.31. The largest absolute Gasteiger partial charge is 0.483 e. The van der Waals surface area contributed by atoms with E-state index in [1.165, 1.54) is 11.3 Å². The van der Waals surface area contributed by atoms with E-state index in [4.69, 9.17) is 16.3 Å². The van der Waals surface area contributed by atoms with Crippen molar-refractivity contribution in [2.75, 3.05) is 4.90 Å². The van der Waals surface area contributed by atoms with Gasteiger partial charge in [-0.1, -0.05) is 46.3 Å². The van der Waals surface area contributed by atoms with Gasteiger partial charge in [0.2, 0.25) is 5.13 Å². The predicted octanol–water partition coefficient (Wildman–Crippen LogP) is 4.58. The summed E-state index contributed by atoms with van der Waals surface area (Å²) in [6.45, 7) is 1.99. The summed E-state index contributed by atoms with van der Waals surface area (Å²) in [6.07, 6.45) is 2.46. The predicted molar refractivity (Wildman–Crippen MR) is 118 cm³/mol. The van der Waals surface area contributed by atoms with Gasteiger partial charge in [-0.05, 0) is 43.4 Å². The molecule has 1 aromatic heterocycles. The lowest BCUT2D eigenvalue weighted by Crippen LogP contribution is -2.41. The van der Waals surface area contributed by atoms with Gasteiger partial charge in [0, 0.05) is 9.85 Å². The Morgan fingerprint density at radius 2 is 2.13 bits per heavy atom. The second-order valence-corrected chi connectivity index (χ2v) is 10.3. The quantitative estimate of drug-likeness (QED) is 0.568. The van der Waals surface area contributed by atoms with Crippen LogP contribution in [0.15, 0.2) is 40.1 Å². The Labute approximate surface area is 191 Å². The molecule has 0 saturated heterocycles. The first kappa shape index (κ1) is 20.2. The first-order chi connectivity index (χ1) is 14.5. The molecule has 1 saturated carbocycles. The lowest BCUT2D eigenvalue weighted by molar-refractivity contribution is -0.131. The van der Waals surface area contributed by atoms with Crippen LogP contribution in [0, 0.1) is 5.92 Å². The third-order valence-electron chi connectivity index (χ3n) is 5.91. The average molecular weight is 509 g/mol. The van der Waals surface area contributed by atoms with E-state index in [0.29, 0.717) is 23.5 Å². The second-order valence-electron chi connectivity index (χ2n) is 7.74. The van der Waals surface area contributed by atoms with Crippen molar-refractivity contribution in [3.8, 4) is 0 Å². The smallest absolute Gasteiger partial charge is 0.296 e. The summed E-state index contributed by atoms with van der Waals surface area (Å²) in [6, 6.07) is 7.05. The van der Waals surface area contributed by atoms with Gasteiger partial charge in [-0.2, -0.15) is 0 Å². The number of anilines is 1. The highest BCUT2D eigenvalue weighted by Gasteiger charge is 2.53. The number of halogens is 2. The molecule has 9 heteroatoms. The molecule has 4 atom stereocenters. The fourth-order valence-corrected chi connectivity index (χ4v) is 6.03. The molecule has 1 amide bonds. The van der Waals surface area contributed by atoms with Gasteiger partial charge in [-0.25, -0.2) is 0 Å². The monoisotopic (exact) mass is 507 g/mol. The lowest BCUT2D eigenvalue weighted by atomic mass is 9.77. The summed E-state index contributed by atoms with van der Waals surface area (Å²) in [7, 11) is 0. The Bertz CT molecular complexity index is 1070. The number of hydrogen-bond donors (Lipinski definition) is 0. The van der Waals surface area contributed by atoms with E-state index in [2.05, 4.69) is 26.1 Å². The topological polar surface area (TPSA) is 72.4 Å². The van der Waals surface area contributed by atoms with Gasteiger partial charge in [-0.15, -0.1) is 21.8 Å². The molecule has 4 unspecified atom stereocenters. The number of ketones is 1. The SMILES string of the molecule is CCc1nnc(N2C(=O)C3=C(C(=O)C4CC(Cl)CCC4O3)C2c2cccc(Br)c2)s1. The summed E-state index contributed by atoms with van der Waals surface area (Å²) in [5.41, 5.74) is 1.24. The lowest BCUT2D eigenvalue weighted by Gasteiger charge is -2.37. The number of ether oxygens (including phenoxy) is 1. The molecule has 156 valence electrons. The molecule has 5 rings (SSSR count). The zero-order chi connectivity index (χ0) is 21.0. The van der Waals surface area contributed by atoms with E-state index in [1.54, 1.807) is 4.90 Å². The maximum absolute atomic E-state index is 13.6. The van der Waals surface area contributed by atoms with Crippen LogP contribution in [0.3, 0.4) is 0 Å². The van der Waals surface area contributed by atoms with Crippen LogP contribution in [0.5, 0.6) is 0 Å². The normalized spacial score (nSPS) is 28.4. The number of nitrogens with zero attached hydrogens (tertiary/aromatic N) is 3. The highest BCUT2D eigenvalue weighted by molar-refractivity contribution is 9.10. The van der Waals surface area contributed by atoms with E-state index in [1.807, 2.05) is 31.2 Å². The number of Topliss-reactive ketones (excluding diaryl/α,β-unsaturated/α-hetero) is 1. The fraction of sp³-hybridized carbons (Fsp3) is 0.429. The minimum atomic E-state index is -0.591. The summed E-state index contributed by atoms with van der Waals surface area (Å²) >= 11 is 11.2. The van der Waals surface area contributed by atoms with Crippen LogP contribution in [0.4, 0.5) is 5.13 Å². The number of aromatic nitrogens is 2. The van der Waals surface area contributed by atoms with E-state index in [-0.39, 0.29) is 34.8 Å². The van der Waals surface area contributed by atoms with Crippen LogP contribution < -0.4 is 4.90 Å². The maximum Gasteiger partial charge on any atom is 0.296 e. The first-order valence-corrected chi connectivity index (χ1v) is 12.0. The van der Waals surface area contributed by atoms with Crippen LogP contribution in [-0.4, -0.2) is 33.4 Å². The van der Waals surface area contributed by atoms with Crippen LogP contribution in [0.2, 0.25) is 0 Å². The van der Waals surface area contributed by atoms with Crippen molar-refractivity contribution in [2.45, 2.75) is 50.1 Å². The third-order valence-corrected chi connectivity index (χ3v) is 7.87. The van der Waals surface area contributed by atoms with Gasteiger partial charge in [0.15, 0.2) is 11.5 Å². The number of amides is 1. The Balaban J connectivity index is 1.64. The summed E-state index contributed by atoms with van der Waals surface area (Å²) in [5.74, 6) is -0.517. The van der Waals surface area contributed by atoms with E-state index >= 15 is 0 Å². The molecule has 2 aromatic rings. The van der Waals surface area contributed by atoms with Crippen LogP contribution in [0.25, 0.3) is 0 Å². The Morgan fingerprint density at radius 3 is 2.87 bits per heavy atom. The number of hydrogen-bond acceptors (Lipinski definition) is 6. The standard InChI is InChI=1S/C21H19BrClN3O3S/c1-2-15-24-25-21(30-15)26-17(10-4-3-5-11(22)8-10)16-18(27)13-9-12(23)6-7-14(13)29-19(16)20(26)28/h3-5,8,12-14,17H,2,6-7,9H2,1H3. The van der Waals surface area contributed by atoms with E-state index < -0.39 is 6.04 Å². The minimum Gasteiger partial charge on any atom is -0.483 e. The molecule has 3 aliphatic rings. The van der Waals surface area contributed by atoms with Crippen molar-refractivity contribution in [3.05, 3.63) is 50.6 Å². The van der Waals surface area contributed by atoms with Gasteiger partial charge >= 0.3 is 0 Å². The van der Waals surface area contributed by atoms with Gasteiger partial charge in [-0.3, -0.25) is 14.5 Å². The zero-order valence-corrected chi connectivity index (χ0v) is 19.3.